The molecule has 0 spiro atoms. The van der Waals surface area contributed by atoms with Crippen molar-refractivity contribution in [1.82, 2.24) is 14.9 Å². The Morgan fingerprint density at radius 1 is 1.15 bits per heavy atom. The van der Waals surface area contributed by atoms with Gasteiger partial charge in [0, 0.05) is 49.6 Å². The Hall–Kier alpha value is -2.93. The van der Waals surface area contributed by atoms with E-state index < -0.39 is 0 Å². The van der Waals surface area contributed by atoms with E-state index in [4.69, 9.17) is 4.42 Å². The molecule has 0 aliphatic carbocycles. The van der Waals surface area contributed by atoms with Gasteiger partial charge in [-0.2, -0.15) is 0 Å². The van der Waals surface area contributed by atoms with Gasteiger partial charge in [0.15, 0.2) is 0 Å². The lowest BCUT2D eigenvalue weighted by molar-refractivity contribution is -0.117. The van der Waals surface area contributed by atoms with E-state index in [1.165, 1.54) is 0 Å². The SMILES string of the molecule is Cc1cc2cc(NC(=O)CN3CCN(c4ncccn4)CC3)ccc2o1. The number of hydrogen-bond acceptors (Lipinski definition) is 6. The van der Waals surface area contributed by atoms with Crippen molar-refractivity contribution in [3.63, 3.8) is 0 Å². The normalized spacial score (nSPS) is 15.3. The number of aryl methyl sites for hydroxylation is 1. The first kappa shape index (κ1) is 16.5. The van der Waals surface area contributed by atoms with Gasteiger partial charge in [-0.3, -0.25) is 9.69 Å². The molecule has 7 heteroatoms. The van der Waals surface area contributed by atoms with Gasteiger partial charge < -0.3 is 14.6 Å². The van der Waals surface area contributed by atoms with Gasteiger partial charge in [-0.15, -0.1) is 0 Å². The van der Waals surface area contributed by atoms with Gasteiger partial charge >= 0.3 is 0 Å². The van der Waals surface area contributed by atoms with Crippen molar-refractivity contribution in [3.05, 3.63) is 48.5 Å². The van der Waals surface area contributed by atoms with Crippen LogP contribution in [-0.2, 0) is 4.79 Å². The second-order valence-corrected chi connectivity index (χ2v) is 6.47. The summed E-state index contributed by atoms with van der Waals surface area (Å²) in [5.74, 6) is 1.61. The summed E-state index contributed by atoms with van der Waals surface area (Å²) in [6.07, 6.45) is 3.50. The Morgan fingerprint density at radius 3 is 2.69 bits per heavy atom. The molecule has 1 aliphatic heterocycles. The van der Waals surface area contributed by atoms with Crippen LogP contribution in [0.25, 0.3) is 11.0 Å². The Bertz CT molecular complexity index is 901. The van der Waals surface area contributed by atoms with E-state index in [9.17, 15) is 4.79 Å². The zero-order valence-corrected chi connectivity index (χ0v) is 14.7. The van der Waals surface area contributed by atoms with E-state index in [2.05, 4.69) is 25.1 Å². The average Bonchev–Trinajstić information content (AvgIpc) is 3.02. The van der Waals surface area contributed by atoms with E-state index in [0.717, 1.165) is 54.5 Å². The summed E-state index contributed by atoms with van der Waals surface area (Å²) in [4.78, 5) is 25.2. The third-order valence-corrected chi connectivity index (χ3v) is 4.50. The predicted molar refractivity (Wildman–Crippen MR) is 100 cm³/mol. The lowest BCUT2D eigenvalue weighted by Crippen LogP contribution is -2.49. The molecule has 4 rings (SSSR count). The summed E-state index contributed by atoms with van der Waals surface area (Å²) in [5.41, 5.74) is 1.62. The van der Waals surface area contributed by atoms with Gasteiger partial charge in [0.05, 0.1) is 6.54 Å². The summed E-state index contributed by atoms with van der Waals surface area (Å²) in [6, 6.07) is 9.47. The van der Waals surface area contributed by atoms with E-state index >= 15 is 0 Å². The van der Waals surface area contributed by atoms with Crippen molar-refractivity contribution < 1.29 is 9.21 Å². The second-order valence-electron chi connectivity index (χ2n) is 6.47. The average molecular weight is 351 g/mol. The first-order valence-electron chi connectivity index (χ1n) is 8.72. The fourth-order valence-corrected chi connectivity index (χ4v) is 3.22. The van der Waals surface area contributed by atoms with Gasteiger partial charge in [-0.25, -0.2) is 9.97 Å². The first-order chi connectivity index (χ1) is 12.7. The number of anilines is 2. The van der Waals surface area contributed by atoms with Crippen LogP contribution in [-0.4, -0.2) is 53.5 Å². The molecule has 1 amide bonds. The number of furan rings is 1. The van der Waals surface area contributed by atoms with Gasteiger partial charge in [0.2, 0.25) is 11.9 Å². The molecule has 2 aromatic heterocycles. The van der Waals surface area contributed by atoms with Crippen molar-refractivity contribution in [1.29, 1.82) is 0 Å². The molecule has 1 fully saturated rings. The molecule has 0 bridgehead atoms. The van der Waals surface area contributed by atoms with Crippen molar-refractivity contribution in [2.24, 2.45) is 0 Å². The maximum absolute atomic E-state index is 12.4. The Morgan fingerprint density at radius 2 is 1.92 bits per heavy atom. The number of hydrogen-bond donors (Lipinski definition) is 1. The molecule has 1 aromatic carbocycles. The molecular formula is C19H21N5O2. The van der Waals surface area contributed by atoms with Crippen LogP contribution in [0.15, 0.2) is 47.1 Å². The fraction of sp³-hybridized carbons (Fsp3) is 0.316. The Kier molecular flexibility index (Phi) is 4.53. The molecule has 0 saturated carbocycles. The minimum absolute atomic E-state index is 0.00558. The van der Waals surface area contributed by atoms with Crippen LogP contribution in [0.3, 0.4) is 0 Å². The number of amides is 1. The van der Waals surface area contributed by atoms with Crippen molar-refractivity contribution >= 4 is 28.5 Å². The molecule has 0 atom stereocenters. The van der Waals surface area contributed by atoms with Gasteiger partial charge in [0.1, 0.15) is 11.3 Å². The number of carbonyl (C=O) groups excluding carboxylic acids is 1. The zero-order valence-electron chi connectivity index (χ0n) is 14.7. The smallest absolute Gasteiger partial charge is 0.238 e. The van der Waals surface area contributed by atoms with Crippen LogP contribution in [0.5, 0.6) is 0 Å². The molecule has 7 nitrogen and oxygen atoms in total. The van der Waals surface area contributed by atoms with E-state index in [0.29, 0.717) is 6.54 Å². The first-order valence-corrected chi connectivity index (χ1v) is 8.72. The highest BCUT2D eigenvalue weighted by molar-refractivity contribution is 5.94. The van der Waals surface area contributed by atoms with Gasteiger partial charge in [-0.1, -0.05) is 0 Å². The monoisotopic (exact) mass is 351 g/mol. The lowest BCUT2D eigenvalue weighted by Gasteiger charge is -2.34. The maximum Gasteiger partial charge on any atom is 0.238 e. The predicted octanol–water partition coefficient (Wildman–Crippen LogP) is 2.29. The summed E-state index contributed by atoms with van der Waals surface area (Å²) < 4.78 is 5.56. The van der Waals surface area contributed by atoms with Crippen molar-refractivity contribution in [2.75, 3.05) is 42.9 Å². The number of piperazine rings is 1. The molecule has 3 aromatic rings. The summed E-state index contributed by atoms with van der Waals surface area (Å²) in [6.45, 7) is 5.55. The molecular weight excluding hydrogens is 330 g/mol. The zero-order chi connectivity index (χ0) is 17.9. The number of rotatable bonds is 4. The highest BCUT2D eigenvalue weighted by Gasteiger charge is 2.20. The molecule has 3 heterocycles. The quantitative estimate of drug-likeness (QED) is 0.777. The number of nitrogens with one attached hydrogen (secondary N) is 1. The molecule has 26 heavy (non-hydrogen) atoms. The highest BCUT2D eigenvalue weighted by Crippen LogP contribution is 2.22. The molecule has 0 radical (unpaired) electrons. The van der Waals surface area contributed by atoms with Crippen molar-refractivity contribution in [2.45, 2.75) is 6.92 Å². The summed E-state index contributed by atoms with van der Waals surface area (Å²) in [7, 11) is 0. The number of nitrogens with zero attached hydrogens (tertiary/aromatic N) is 4. The molecule has 1 aliphatic rings. The van der Waals surface area contributed by atoms with Crippen LogP contribution < -0.4 is 10.2 Å². The van der Waals surface area contributed by atoms with Crippen molar-refractivity contribution in [3.8, 4) is 0 Å². The molecule has 134 valence electrons. The number of aromatic nitrogens is 2. The Labute approximate surface area is 151 Å². The van der Waals surface area contributed by atoms with Crippen LogP contribution in [0.4, 0.5) is 11.6 Å². The summed E-state index contributed by atoms with van der Waals surface area (Å²) in [5, 5.41) is 3.97. The molecule has 1 saturated heterocycles. The topological polar surface area (TPSA) is 74.5 Å². The summed E-state index contributed by atoms with van der Waals surface area (Å²) >= 11 is 0. The largest absolute Gasteiger partial charge is 0.461 e. The third kappa shape index (κ3) is 3.67. The third-order valence-electron chi connectivity index (χ3n) is 4.50. The van der Waals surface area contributed by atoms with E-state index in [-0.39, 0.29) is 5.91 Å². The number of carbonyl (C=O) groups is 1. The highest BCUT2D eigenvalue weighted by atomic mass is 16.3. The number of benzene rings is 1. The van der Waals surface area contributed by atoms with Gasteiger partial charge in [-0.05, 0) is 37.3 Å². The standard InChI is InChI=1S/C19H21N5O2/c1-14-11-15-12-16(3-4-17(15)26-14)22-18(25)13-23-7-9-24(10-8-23)19-20-5-2-6-21-19/h2-6,11-12H,7-10,13H2,1H3,(H,22,25). The second kappa shape index (κ2) is 7.13. The van der Waals surface area contributed by atoms with Crippen LogP contribution in [0.2, 0.25) is 0 Å². The fourth-order valence-electron chi connectivity index (χ4n) is 3.22. The van der Waals surface area contributed by atoms with Crippen LogP contribution >= 0.6 is 0 Å². The minimum Gasteiger partial charge on any atom is -0.461 e. The molecule has 1 N–H and O–H groups in total. The minimum atomic E-state index is -0.00558. The number of fused-ring (bicyclic) bond motifs is 1. The van der Waals surface area contributed by atoms with Crippen LogP contribution in [0, 0.1) is 6.92 Å². The van der Waals surface area contributed by atoms with E-state index in [1.807, 2.05) is 37.3 Å². The lowest BCUT2D eigenvalue weighted by atomic mass is 10.2. The van der Waals surface area contributed by atoms with E-state index in [1.54, 1.807) is 12.4 Å². The maximum atomic E-state index is 12.4. The Balaban J connectivity index is 1.31. The van der Waals surface area contributed by atoms with Crippen LogP contribution in [0.1, 0.15) is 5.76 Å². The van der Waals surface area contributed by atoms with Gasteiger partial charge in [0.25, 0.3) is 0 Å². The molecule has 0 unspecified atom stereocenters.